The van der Waals surface area contributed by atoms with Crippen LogP contribution < -0.4 is 4.90 Å². The number of para-hydroxylation sites is 2. The number of benzene rings is 1. The van der Waals surface area contributed by atoms with Gasteiger partial charge in [-0.2, -0.15) is 0 Å². The summed E-state index contributed by atoms with van der Waals surface area (Å²) < 4.78 is 5.94. The molecule has 3 heterocycles. The summed E-state index contributed by atoms with van der Waals surface area (Å²) in [6.45, 7) is 10.1. The summed E-state index contributed by atoms with van der Waals surface area (Å²) in [6, 6.07) is 8.10. The van der Waals surface area contributed by atoms with Gasteiger partial charge in [-0.25, -0.2) is 15.0 Å². The van der Waals surface area contributed by atoms with Crippen LogP contribution in [0.15, 0.2) is 35.0 Å². The van der Waals surface area contributed by atoms with E-state index in [1.165, 1.54) is 5.56 Å². The molecule has 6 heteroatoms. The molecule has 1 aliphatic rings. The van der Waals surface area contributed by atoms with E-state index in [4.69, 9.17) is 4.42 Å². The number of aromatic nitrogens is 3. The predicted molar refractivity (Wildman–Crippen MR) is 97.7 cm³/mol. The molecule has 6 nitrogen and oxygen atoms in total. The average molecular weight is 337 g/mol. The summed E-state index contributed by atoms with van der Waals surface area (Å²) in [5.74, 6) is 1.85. The van der Waals surface area contributed by atoms with Gasteiger partial charge in [0.2, 0.25) is 5.89 Å². The van der Waals surface area contributed by atoms with Gasteiger partial charge in [0.05, 0.1) is 6.04 Å². The molecule has 0 aliphatic carbocycles. The van der Waals surface area contributed by atoms with Crippen molar-refractivity contribution in [1.29, 1.82) is 0 Å². The lowest BCUT2D eigenvalue weighted by Crippen LogP contribution is -2.47. The van der Waals surface area contributed by atoms with Crippen molar-refractivity contribution in [3.8, 4) is 0 Å². The van der Waals surface area contributed by atoms with E-state index in [-0.39, 0.29) is 6.04 Å². The molecule has 1 unspecified atom stereocenters. The Labute approximate surface area is 147 Å². The van der Waals surface area contributed by atoms with E-state index in [9.17, 15) is 0 Å². The SMILES string of the molecule is Cc1ncnc(N2CCN(C(C)c3nc4ccccc4o3)CC2)c1C. The number of piperazine rings is 1. The second kappa shape index (κ2) is 6.44. The van der Waals surface area contributed by atoms with E-state index in [1.807, 2.05) is 31.2 Å². The average Bonchev–Trinajstić information content (AvgIpc) is 3.08. The molecule has 3 aromatic rings. The number of nitrogens with zero attached hydrogens (tertiary/aromatic N) is 5. The number of hydrogen-bond donors (Lipinski definition) is 0. The van der Waals surface area contributed by atoms with Crippen molar-refractivity contribution in [2.45, 2.75) is 26.8 Å². The molecule has 0 amide bonds. The quantitative estimate of drug-likeness (QED) is 0.732. The molecule has 0 spiro atoms. The molecule has 1 saturated heterocycles. The molecule has 130 valence electrons. The highest BCUT2D eigenvalue weighted by molar-refractivity contribution is 5.72. The number of rotatable bonds is 3. The van der Waals surface area contributed by atoms with Gasteiger partial charge in [-0.3, -0.25) is 4.90 Å². The van der Waals surface area contributed by atoms with Gasteiger partial charge in [0, 0.05) is 37.4 Å². The molecule has 1 fully saturated rings. The van der Waals surface area contributed by atoms with E-state index < -0.39 is 0 Å². The van der Waals surface area contributed by atoms with Crippen LogP contribution >= 0.6 is 0 Å². The van der Waals surface area contributed by atoms with Crippen LogP contribution in [0.5, 0.6) is 0 Å². The summed E-state index contributed by atoms with van der Waals surface area (Å²) in [5, 5.41) is 0. The van der Waals surface area contributed by atoms with E-state index in [2.05, 4.69) is 38.6 Å². The third kappa shape index (κ3) is 2.98. The number of hydrogen-bond acceptors (Lipinski definition) is 6. The smallest absolute Gasteiger partial charge is 0.212 e. The summed E-state index contributed by atoms with van der Waals surface area (Å²) in [4.78, 5) is 18.2. The Morgan fingerprint density at radius 2 is 1.80 bits per heavy atom. The maximum atomic E-state index is 5.94. The van der Waals surface area contributed by atoms with Crippen LogP contribution in [0.3, 0.4) is 0 Å². The largest absolute Gasteiger partial charge is 0.439 e. The van der Waals surface area contributed by atoms with Crippen molar-refractivity contribution in [3.05, 3.63) is 47.7 Å². The standard InChI is InChI=1S/C19H23N5O/c1-13-14(2)20-12-21-18(13)24-10-8-23(9-11-24)15(3)19-22-16-6-4-5-7-17(16)25-19/h4-7,12,15H,8-11H2,1-3H3. The van der Waals surface area contributed by atoms with Gasteiger partial charge in [0.1, 0.15) is 17.7 Å². The predicted octanol–water partition coefficient (Wildman–Crippen LogP) is 3.12. The van der Waals surface area contributed by atoms with Gasteiger partial charge in [-0.1, -0.05) is 12.1 Å². The second-order valence-electron chi connectivity index (χ2n) is 6.63. The summed E-state index contributed by atoms with van der Waals surface area (Å²) in [6.07, 6.45) is 1.66. The fraction of sp³-hybridized carbons (Fsp3) is 0.421. The normalized spacial score (nSPS) is 17.2. The first-order valence-corrected chi connectivity index (χ1v) is 8.76. The molecular weight excluding hydrogens is 314 g/mol. The third-order valence-electron chi connectivity index (χ3n) is 5.14. The van der Waals surface area contributed by atoms with Crippen LogP contribution in [0.2, 0.25) is 0 Å². The first kappa shape index (κ1) is 16.0. The highest BCUT2D eigenvalue weighted by Crippen LogP contribution is 2.26. The number of aryl methyl sites for hydroxylation is 1. The van der Waals surface area contributed by atoms with Crippen LogP contribution in [0.1, 0.15) is 30.1 Å². The van der Waals surface area contributed by atoms with Crippen LogP contribution in [0, 0.1) is 13.8 Å². The summed E-state index contributed by atoms with van der Waals surface area (Å²) in [5.41, 5.74) is 4.00. The fourth-order valence-corrected chi connectivity index (χ4v) is 3.39. The Balaban J connectivity index is 1.47. The molecule has 1 aromatic carbocycles. The molecule has 25 heavy (non-hydrogen) atoms. The molecule has 1 atom stereocenters. The molecule has 0 radical (unpaired) electrons. The van der Waals surface area contributed by atoms with E-state index >= 15 is 0 Å². The van der Waals surface area contributed by atoms with Crippen molar-refractivity contribution in [1.82, 2.24) is 19.9 Å². The molecule has 0 N–H and O–H groups in total. The van der Waals surface area contributed by atoms with Crippen LogP contribution in [0.4, 0.5) is 5.82 Å². The highest BCUT2D eigenvalue weighted by atomic mass is 16.3. The Bertz CT molecular complexity index is 849. The van der Waals surface area contributed by atoms with Crippen molar-refractivity contribution in [3.63, 3.8) is 0 Å². The van der Waals surface area contributed by atoms with Crippen LogP contribution in [0.25, 0.3) is 11.1 Å². The zero-order chi connectivity index (χ0) is 17.4. The van der Waals surface area contributed by atoms with Crippen molar-refractivity contribution in [2.24, 2.45) is 0 Å². The number of fused-ring (bicyclic) bond motifs is 1. The number of oxazole rings is 1. The Morgan fingerprint density at radius 1 is 1.04 bits per heavy atom. The molecule has 0 bridgehead atoms. The summed E-state index contributed by atoms with van der Waals surface area (Å²) >= 11 is 0. The minimum atomic E-state index is 0.169. The number of anilines is 1. The van der Waals surface area contributed by atoms with Crippen molar-refractivity contribution < 1.29 is 4.42 Å². The minimum absolute atomic E-state index is 0.169. The maximum Gasteiger partial charge on any atom is 0.212 e. The minimum Gasteiger partial charge on any atom is -0.439 e. The first-order valence-electron chi connectivity index (χ1n) is 8.76. The molecule has 4 rings (SSSR count). The zero-order valence-electron chi connectivity index (χ0n) is 14.9. The summed E-state index contributed by atoms with van der Waals surface area (Å²) in [7, 11) is 0. The van der Waals surface area contributed by atoms with Gasteiger partial charge in [-0.05, 0) is 32.9 Å². The molecule has 2 aromatic heterocycles. The molecule has 0 saturated carbocycles. The van der Waals surface area contributed by atoms with Crippen molar-refractivity contribution in [2.75, 3.05) is 31.1 Å². The molecular formula is C19H23N5O. The second-order valence-corrected chi connectivity index (χ2v) is 6.63. The first-order chi connectivity index (χ1) is 12.1. The van der Waals surface area contributed by atoms with E-state index in [1.54, 1.807) is 6.33 Å². The van der Waals surface area contributed by atoms with Gasteiger partial charge >= 0.3 is 0 Å². The Morgan fingerprint density at radius 3 is 2.56 bits per heavy atom. The Kier molecular flexibility index (Phi) is 4.13. The van der Waals surface area contributed by atoms with E-state index in [0.29, 0.717) is 0 Å². The monoisotopic (exact) mass is 337 g/mol. The van der Waals surface area contributed by atoms with Crippen LogP contribution in [-0.4, -0.2) is 46.0 Å². The molecule has 1 aliphatic heterocycles. The highest BCUT2D eigenvalue weighted by Gasteiger charge is 2.26. The fourth-order valence-electron chi connectivity index (χ4n) is 3.39. The Hall–Kier alpha value is -2.47. The lowest BCUT2D eigenvalue weighted by atomic mass is 10.2. The van der Waals surface area contributed by atoms with Crippen molar-refractivity contribution >= 4 is 16.9 Å². The third-order valence-corrected chi connectivity index (χ3v) is 5.14. The van der Waals surface area contributed by atoms with Gasteiger partial charge in [-0.15, -0.1) is 0 Å². The zero-order valence-corrected chi connectivity index (χ0v) is 14.9. The van der Waals surface area contributed by atoms with E-state index in [0.717, 1.165) is 54.7 Å². The lowest BCUT2D eigenvalue weighted by Gasteiger charge is -2.38. The topological polar surface area (TPSA) is 58.3 Å². The van der Waals surface area contributed by atoms with Crippen LogP contribution in [-0.2, 0) is 0 Å². The van der Waals surface area contributed by atoms with Gasteiger partial charge < -0.3 is 9.32 Å². The lowest BCUT2D eigenvalue weighted by molar-refractivity contribution is 0.175. The maximum absolute atomic E-state index is 5.94. The van der Waals surface area contributed by atoms with Gasteiger partial charge in [0.25, 0.3) is 0 Å². The van der Waals surface area contributed by atoms with Gasteiger partial charge in [0.15, 0.2) is 5.58 Å².